The predicted molar refractivity (Wildman–Crippen MR) is 74.1 cm³/mol. The molecule has 0 unspecified atom stereocenters. The third kappa shape index (κ3) is 3.75. The Hall–Kier alpha value is -1.56. The lowest BCUT2D eigenvalue weighted by molar-refractivity contribution is -0.137. The summed E-state index contributed by atoms with van der Waals surface area (Å²) in [6.45, 7) is 1.85. The maximum Gasteiger partial charge on any atom is 0.416 e. The van der Waals surface area contributed by atoms with E-state index in [1.54, 1.807) is 11.9 Å². The smallest absolute Gasteiger partial charge is 0.339 e. The minimum Gasteiger partial charge on any atom is -0.339 e. The number of carbonyl (C=O) groups is 1. The third-order valence-electron chi connectivity index (χ3n) is 4.02. The summed E-state index contributed by atoms with van der Waals surface area (Å²) in [7, 11) is 3.75. The fourth-order valence-electron chi connectivity index (χ4n) is 2.55. The molecule has 0 aliphatic carbocycles. The van der Waals surface area contributed by atoms with Crippen LogP contribution in [-0.4, -0.2) is 48.9 Å². The van der Waals surface area contributed by atoms with E-state index < -0.39 is 11.7 Å². The van der Waals surface area contributed by atoms with Crippen LogP contribution in [0.4, 0.5) is 13.2 Å². The molecule has 0 saturated carbocycles. The van der Waals surface area contributed by atoms with Crippen molar-refractivity contribution in [2.75, 3.05) is 27.2 Å². The van der Waals surface area contributed by atoms with Gasteiger partial charge in [-0.3, -0.25) is 4.79 Å². The lowest BCUT2D eigenvalue weighted by Gasteiger charge is -2.35. The number of nitrogens with zero attached hydrogens (tertiary/aromatic N) is 2. The van der Waals surface area contributed by atoms with Crippen molar-refractivity contribution >= 4 is 5.91 Å². The first-order chi connectivity index (χ1) is 9.79. The van der Waals surface area contributed by atoms with Gasteiger partial charge in [0.1, 0.15) is 0 Å². The van der Waals surface area contributed by atoms with Crippen molar-refractivity contribution in [3.8, 4) is 0 Å². The Morgan fingerprint density at radius 1 is 1.19 bits per heavy atom. The number of rotatable bonds is 2. The van der Waals surface area contributed by atoms with E-state index in [-0.39, 0.29) is 11.9 Å². The van der Waals surface area contributed by atoms with Crippen molar-refractivity contribution in [2.45, 2.75) is 25.1 Å². The van der Waals surface area contributed by atoms with Gasteiger partial charge in [-0.2, -0.15) is 13.2 Å². The zero-order valence-corrected chi connectivity index (χ0v) is 12.2. The Balaban J connectivity index is 2.05. The summed E-state index contributed by atoms with van der Waals surface area (Å²) in [5.41, 5.74) is -0.439. The third-order valence-corrected chi connectivity index (χ3v) is 4.02. The van der Waals surface area contributed by atoms with Gasteiger partial charge in [-0.15, -0.1) is 0 Å². The van der Waals surface area contributed by atoms with Gasteiger partial charge < -0.3 is 9.80 Å². The van der Waals surface area contributed by atoms with Crippen LogP contribution in [0.3, 0.4) is 0 Å². The SMILES string of the molecule is CN1CCC(N(C)C(=O)c2ccc(C(F)(F)F)cc2)CC1. The number of amides is 1. The van der Waals surface area contributed by atoms with Crippen LogP contribution in [0.15, 0.2) is 24.3 Å². The highest BCUT2D eigenvalue weighted by Gasteiger charge is 2.31. The molecule has 0 spiro atoms. The van der Waals surface area contributed by atoms with Gasteiger partial charge in [-0.1, -0.05) is 0 Å². The van der Waals surface area contributed by atoms with Crippen LogP contribution >= 0.6 is 0 Å². The van der Waals surface area contributed by atoms with Gasteiger partial charge in [0.25, 0.3) is 5.91 Å². The molecule has 0 radical (unpaired) electrons. The number of hydrogen-bond acceptors (Lipinski definition) is 2. The number of benzene rings is 1. The molecule has 21 heavy (non-hydrogen) atoms. The second-order valence-electron chi connectivity index (χ2n) is 5.53. The molecule has 1 aliphatic rings. The fourth-order valence-corrected chi connectivity index (χ4v) is 2.55. The van der Waals surface area contributed by atoms with Crippen LogP contribution in [0.25, 0.3) is 0 Å². The maximum absolute atomic E-state index is 12.5. The summed E-state index contributed by atoms with van der Waals surface area (Å²) in [6, 6.07) is 4.55. The van der Waals surface area contributed by atoms with Gasteiger partial charge in [0, 0.05) is 18.7 Å². The topological polar surface area (TPSA) is 23.6 Å². The summed E-state index contributed by atoms with van der Waals surface area (Å²) in [4.78, 5) is 16.2. The summed E-state index contributed by atoms with van der Waals surface area (Å²) in [6.07, 6.45) is -2.60. The number of carbonyl (C=O) groups excluding carboxylic acids is 1. The highest BCUT2D eigenvalue weighted by atomic mass is 19.4. The summed E-state index contributed by atoms with van der Waals surface area (Å²) in [5.74, 6) is -0.224. The zero-order valence-electron chi connectivity index (χ0n) is 12.2. The van der Waals surface area contributed by atoms with Crippen molar-refractivity contribution in [3.05, 3.63) is 35.4 Å². The Morgan fingerprint density at radius 2 is 1.71 bits per heavy atom. The first-order valence-electron chi connectivity index (χ1n) is 6.92. The highest BCUT2D eigenvalue weighted by molar-refractivity contribution is 5.94. The van der Waals surface area contributed by atoms with E-state index in [9.17, 15) is 18.0 Å². The van der Waals surface area contributed by atoms with E-state index in [0.29, 0.717) is 5.56 Å². The van der Waals surface area contributed by atoms with E-state index in [2.05, 4.69) is 4.90 Å². The van der Waals surface area contributed by atoms with Crippen molar-refractivity contribution < 1.29 is 18.0 Å². The molecule has 0 N–H and O–H groups in total. The molecule has 0 bridgehead atoms. The lowest BCUT2D eigenvalue weighted by Crippen LogP contribution is -2.44. The minimum atomic E-state index is -4.37. The second kappa shape index (κ2) is 6.05. The van der Waals surface area contributed by atoms with Crippen molar-refractivity contribution in [1.82, 2.24) is 9.80 Å². The molecule has 2 rings (SSSR count). The molecular formula is C15H19F3N2O. The first kappa shape index (κ1) is 15.8. The standard InChI is InChI=1S/C15H19F3N2O/c1-19-9-7-13(8-10-19)20(2)14(21)11-3-5-12(6-4-11)15(16,17)18/h3-6,13H,7-10H2,1-2H3. The van der Waals surface area contributed by atoms with Gasteiger partial charge in [0.2, 0.25) is 0 Å². The monoisotopic (exact) mass is 300 g/mol. The van der Waals surface area contributed by atoms with Crippen LogP contribution in [0, 0.1) is 0 Å². The average Bonchev–Trinajstić information content (AvgIpc) is 2.46. The summed E-state index contributed by atoms with van der Waals surface area (Å²) >= 11 is 0. The number of halogens is 3. The van der Waals surface area contributed by atoms with Gasteiger partial charge in [-0.25, -0.2) is 0 Å². The van der Waals surface area contributed by atoms with Crippen molar-refractivity contribution in [2.24, 2.45) is 0 Å². The molecule has 1 amide bonds. The number of hydrogen-bond donors (Lipinski definition) is 0. The van der Waals surface area contributed by atoms with E-state index in [4.69, 9.17) is 0 Å². The fraction of sp³-hybridized carbons (Fsp3) is 0.533. The average molecular weight is 300 g/mol. The van der Waals surface area contributed by atoms with E-state index in [1.165, 1.54) is 12.1 Å². The van der Waals surface area contributed by atoms with Crippen molar-refractivity contribution in [1.29, 1.82) is 0 Å². The molecule has 1 saturated heterocycles. The number of alkyl halides is 3. The molecule has 116 valence electrons. The Morgan fingerprint density at radius 3 is 2.19 bits per heavy atom. The number of piperidine rings is 1. The van der Waals surface area contributed by atoms with Gasteiger partial charge in [-0.05, 0) is 57.2 Å². The van der Waals surface area contributed by atoms with Gasteiger partial charge >= 0.3 is 6.18 Å². The molecular weight excluding hydrogens is 281 g/mol. The van der Waals surface area contributed by atoms with Gasteiger partial charge in [0.05, 0.1) is 5.56 Å². The molecule has 1 heterocycles. The predicted octanol–water partition coefficient (Wildman–Crippen LogP) is 2.87. The first-order valence-corrected chi connectivity index (χ1v) is 6.92. The molecule has 0 atom stereocenters. The van der Waals surface area contributed by atoms with Crippen molar-refractivity contribution in [3.63, 3.8) is 0 Å². The largest absolute Gasteiger partial charge is 0.416 e. The summed E-state index contributed by atoms with van der Waals surface area (Å²) in [5, 5.41) is 0. The molecule has 6 heteroatoms. The number of likely N-dealkylation sites (tertiary alicyclic amines) is 1. The van der Waals surface area contributed by atoms with Crippen LogP contribution in [0.2, 0.25) is 0 Å². The zero-order chi connectivity index (χ0) is 15.6. The van der Waals surface area contributed by atoms with E-state index >= 15 is 0 Å². The lowest BCUT2D eigenvalue weighted by atomic mass is 10.0. The van der Waals surface area contributed by atoms with E-state index in [1.807, 2.05) is 7.05 Å². The molecule has 1 aromatic rings. The molecule has 1 aromatic carbocycles. The van der Waals surface area contributed by atoms with Crippen LogP contribution in [-0.2, 0) is 6.18 Å². The van der Waals surface area contributed by atoms with Crippen LogP contribution in [0.5, 0.6) is 0 Å². The maximum atomic E-state index is 12.5. The quantitative estimate of drug-likeness (QED) is 0.838. The normalized spacial score (nSPS) is 17.8. The van der Waals surface area contributed by atoms with Crippen LogP contribution in [0.1, 0.15) is 28.8 Å². The van der Waals surface area contributed by atoms with Gasteiger partial charge in [0.15, 0.2) is 0 Å². The Bertz CT molecular complexity index is 491. The Labute approximate surface area is 122 Å². The minimum absolute atomic E-state index is 0.149. The molecule has 1 aliphatic heterocycles. The van der Waals surface area contributed by atoms with E-state index in [0.717, 1.165) is 38.1 Å². The molecule has 0 aromatic heterocycles. The summed E-state index contributed by atoms with van der Waals surface area (Å²) < 4.78 is 37.5. The second-order valence-corrected chi connectivity index (χ2v) is 5.53. The Kier molecular flexibility index (Phi) is 4.56. The highest BCUT2D eigenvalue weighted by Crippen LogP contribution is 2.29. The molecule has 1 fully saturated rings. The van der Waals surface area contributed by atoms with Crippen LogP contribution < -0.4 is 0 Å². The molecule has 3 nitrogen and oxygen atoms in total.